The lowest BCUT2D eigenvalue weighted by molar-refractivity contribution is -0.254. The molecule has 0 atom stereocenters. The highest BCUT2D eigenvalue weighted by Crippen LogP contribution is 2.30. The van der Waals surface area contributed by atoms with Crippen LogP contribution in [0.4, 0.5) is 5.69 Å². The second-order valence-corrected chi connectivity index (χ2v) is 4.30. The van der Waals surface area contributed by atoms with Crippen LogP contribution in [-0.4, -0.2) is 17.8 Å². The molecule has 5 heteroatoms. The maximum atomic E-state index is 12.3. The van der Waals surface area contributed by atoms with E-state index >= 15 is 0 Å². The van der Waals surface area contributed by atoms with Gasteiger partial charge in [-0.15, -0.1) is 0 Å². The Bertz CT molecular complexity index is 716. The largest absolute Gasteiger partial charge is 0.545 e. The van der Waals surface area contributed by atoms with Crippen LogP contribution < -0.4 is 10.0 Å². The van der Waals surface area contributed by atoms with Gasteiger partial charge in [-0.2, -0.15) is 0 Å². The number of para-hydroxylation sites is 1. The van der Waals surface area contributed by atoms with Gasteiger partial charge < -0.3 is 9.90 Å². The Morgan fingerprint density at radius 3 is 1.90 bits per heavy atom. The van der Waals surface area contributed by atoms with Crippen LogP contribution in [0.15, 0.2) is 48.5 Å². The third kappa shape index (κ3) is 1.60. The Morgan fingerprint density at radius 2 is 1.35 bits per heavy atom. The molecule has 0 fully saturated rings. The number of carbonyl (C=O) groups is 3. The first-order valence-corrected chi connectivity index (χ1v) is 5.89. The molecule has 1 aliphatic rings. The number of anilines is 1. The first-order chi connectivity index (χ1) is 9.61. The number of nitrogens with zero attached hydrogens (tertiary/aromatic N) is 1. The van der Waals surface area contributed by atoms with Crippen molar-refractivity contribution in [2.45, 2.75) is 0 Å². The van der Waals surface area contributed by atoms with Gasteiger partial charge in [0.15, 0.2) is 0 Å². The smallest absolute Gasteiger partial charge is 0.266 e. The minimum Gasteiger partial charge on any atom is -0.545 e. The molecule has 0 spiro atoms. The van der Waals surface area contributed by atoms with Crippen molar-refractivity contribution < 1.29 is 19.5 Å². The van der Waals surface area contributed by atoms with Crippen LogP contribution in [0.2, 0.25) is 0 Å². The van der Waals surface area contributed by atoms with Gasteiger partial charge >= 0.3 is 0 Å². The summed E-state index contributed by atoms with van der Waals surface area (Å²) in [6.45, 7) is 0. The van der Waals surface area contributed by atoms with Gasteiger partial charge in [-0.05, 0) is 18.2 Å². The molecule has 20 heavy (non-hydrogen) atoms. The van der Waals surface area contributed by atoms with Gasteiger partial charge in [-0.25, -0.2) is 4.90 Å². The first kappa shape index (κ1) is 12.1. The molecule has 98 valence electrons. The van der Waals surface area contributed by atoms with E-state index in [0.29, 0.717) is 0 Å². The lowest BCUT2D eigenvalue weighted by Gasteiger charge is -2.18. The van der Waals surface area contributed by atoms with Gasteiger partial charge in [0.2, 0.25) is 0 Å². The molecule has 3 rings (SSSR count). The van der Waals surface area contributed by atoms with Crippen LogP contribution in [0.3, 0.4) is 0 Å². The van der Waals surface area contributed by atoms with Crippen molar-refractivity contribution in [1.82, 2.24) is 0 Å². The van der Waals surface area contributed by atoms with E-state index in [4.69, 9.17) is 0 Å². The predicted octanol–water partition coefficient (Wildman–Crippen LogP) is 0.851. The second kappa shape index (κ2) is 4.31. The maximum absolute atomic E-state index is 12.3. The van der Waals surface area contributed by atoms with E-state index in [1.165, 1.54) is 30.3 Å². The molecule has 0 aromatic heterocycles. The number of imide groups is 1. The van der Waals surface area contributed by atoms with Crippen LogP contribution in [0.5, 0.6) is 0 Å². The Morgan fingerprint density at radius 1 is 0.850 bits per heavy atom. The van der Waals surface area contributed by atoms with E-state index < -0.39 is 17.8 Å². The molecule has 5 nitrogen and oxygen atoms in total. The van der Waals surface area contributed by atoms with E-state index in [2.05, 4.69) is 0 Å². The third-order valence-corrected chi connectivity index (χ3v) is 3.16. The minimum atomic E-state index is -1.43. The minimum absolute atomic E-state index is 0.0266. The second-order valence-electron chi connectivity index (χ2n) is 4.30. The Kier molecular flexibility index (Phi) is 2.61. The molecular weight excluding hydrogens is 258 g/mol. The molecule has 2 amide bonds. The molecule has 0 bridgehead atoms. The number of hydrogen-bond donors (Lipinski definition) is 0. The third-order valence-electron chi connectivity index (χ3n) is 3.16. The van der Waals surface area contributed by atoms with E-state index in [0.717, 1.165) is 4.90 Å². The average molecular weight is 266 g/mol. The van der Waals surface area contributed by atoms with Gasteiger partial charge in [0.05, 0.1) is 22.8 Å². The van der Waals surface area contributed by atoms with Gasteiger partial charge in [0, 0.05) is 5.56 Å². The molecule has 2 aromatic carbocycles. The van der Waals surface area contributed by atoms with Crippen LogP contribution in [-0.2, 0) is 0 Å². The lowest BCUT2D eigenvalue weighted by Crippen LogP contribution is -2.33. The number of rotatable bonds is 2. The zero-order valence-corrected chi connectivity index (χ0v) is 10.2. The monoisotopic (exact) mass is 266 g/mol. The number of aromatic carboxylic acids is 1. The van der Waals surface area contributed by atoms with Crippen molar-refractivity contribution in [3.8, 4) is 0 Å². The number of benzene rings is 2. The highest BCUT2D eigenvalue weighted by molar-refractivity contribution is 6.35. The Labute approximate surface area is 114 Å². The number of fused-ring (bicyclic) bond motifs is 1. The highest BCUT2D eigenvalue weighted by atomic mass is 16.4. The average Bonchev–Trinajstić information content (AvgIpc) is 2.71. The number of carboxylic acid groups (broad SMARTS) is 1. The molecule has 0 unspecified atom stereocenters. The zero-order valence-electron chi connectivity index (χ0n) is 10.2. The summed E-state index contributed by atoms with van der Waals surface area (Å²) in [5, 5.41) is 11.1. The summed E-state index contributed by atoms with van der Waals surface area (Å²) in [5.74, 6) is -2.49. The Hall–Kier alpha value is -2.95. The predicted molar refractivity (Wildman–Crippen MR) is 68.4 cm³/mol. The van der Waals surface area contributed by atoms with Crippen LogP contribution >= 0.6 is 0 Å². The van der Waals surface area contributed by atoms with Gasteiger partial charge in [-0.3, -0.25) is 9.59 Å². The molecule has 0 radical (unpaired) electrons. The fraction of sp³-hybridized carbons (Fsp3) is 0. The van der Waals surface area contributed by atoms with Crippen molar-refractivity contribution in [2.75, 3.05) is 4.90 Å². The van der Waals surface area contributed by atoms with Crippen LogP contribution in [0, 0.1) is 0 Å². The molecule has 0 saturated heterocycles. The summed E-state index contributed by atoms with van der Waals surface area (Å²) in [5.41, 5.74) is 0.372. The number of amides is 2. The number of carbonyl (C=O) groups excluding carboxylic acids is 3. The van der Waals surface area contributed by atoms with Crippen molar-refractivity contribution in [3.05, 3.63) is 65.2 Å². The fourth-order valence-electron chi connectivity index (χ4n) is 2.25. The van der Waals surface area contributed by atoms with E-state index in [1.807, 2.05) is 0 Å². The van der Waals surface area contributed by atoms with Crippen molar-refractivity contribution in [1.29, 1.82) is 0 Å². The molecule has 2 aromatic rings. The van der Waals surface area contributed by atoms with Crippen LogP contribution in [0.1, 0.15) is 31.1 Å². The molecular formula is C15H8NO4-. The first-order valence-electron chi connectivity index (χ1n) is 5.89. The summed E-state index contributed by atoms with van der Waals surface area (Å²) >= 11 is 0. The summed E-state index contributed by atoms with van der Waals surface area (Å²) in [7, 11) is 0. The summed E-state index contributed by atoms with van der Waals surface area (Å²) in [6, 6.07) is 12.2. The standard InChI is InChI=1S/C15H9NO4/c17-13-9-5-1-2-6-10(9)14(18)16(13)12-8-4-3-7-11(12)15(19)20/h1-8H,(H,19,20)/p-1. The van der Waals surface area contributed by atoms with E-state index in [-0.39, 0.29) is 22.4 Å². The van der Waals surface area contributed by atoms with Crippen molar-refractivity contribution >= 4 is 23.5 Å². The summed E-state index contributed by atoms with van der Waals surface area (Å²) < 4.78 is 0. The quantitative estimate of drug-likeness (QED) is 0.755. The number of carboxylic acids is 1. The Balaban J connectivity index is 2.17. The number of hydrogen-bond acceptors (Lipinski definition) is 4. The van der Waals surface area contributed by atoms with Crippen molar-refractivity contribution in [3.63, 3.8) is 0 Å². The summed E-state index contributed by atoms with van der Waals surface area (Å²) in [6.07, 6.45) is 0. The van der Waals surface area contributed by atoms with Gasteiger partial charge in [0.25, 0.3) is 11.8 Å². The highest BCUT2D eigenvalue weighted by Gasteiger charge is 2.37. The zero-order chi connectivity index (χ0) is 14.3. The molecule has 1 heterocycles. The summed E-state index contributed by atoms with van der Waals surface area (Å²) in [4.78, 5) is 36.5. The normalized spacial score (nSPS) is 13.5. The molecule has 1 aliphatic heterocycles. The molecule has 0 aliphatic carbocycles. The van der Waals surface area contributed by atoms with E-state index in [1.54, 1.807) is 18.2 Å². The topological polar surface area (TPSA) is 77.5 Å². The van der Waals surface area contributed by atoms with E-state index in [9.17, 15) is 19.5 Å². The van der Waals surface area contributed by atoms with Crippen molar-refractivity contribution in [2.24, 2.45) is 0 Å². The van der Waals surface area contributed by atoms with Crippen LogP contribution in [0.25, 0.3) is 0 Å². The van der Waals surface area contributed by atoms with Gasteiger partial charge in [-0.1, -0.05) is 30.3 Å². The molecule has 0 saturated carbocycles. The molecule has 0 N–H and O–H groups in total. The van der Waals surface area contributed by atoms with Gasteiger partial charge in [0.1, 0.15) is 0 Å². The lowest BCUT2D eigenvalue weighted by atomic mass is 10.1. The SMILES string of the molecule is O=C([O-])c1ccccc1N1C(=O)c2ccccc2C1=O. The maximum Gasteiger partial charge on any atom is 0.266 e. The fourth-order valence-corrected chi connectivity index (χ4v) is 2.25.